The molecule has 0 fully saturated rings. The van der Waals surface area contributed by atoms with Crippen molar-refractivity contribution in [2.75, 3.05) is 6.61 Å². The van der Waals surface area contributed by atoms with E-state index in [9.17, 15) is 0 Å². The Hall–Kier alpha value is -0.340. The van der Waals surface area contributed by atoms with Gasteiger partial charge in [-0.2, -0.15) is 0 Å². The largest absolute Gasteiger partial charge is 0.352 e. The minimum absolute atomic E-state index is 0.0209. The molecule has 0 spiro atoms. The summed E-state index contributed by atoms with van der Waals surface area (Å²) in [5.74, 6) is 0.579. The molecule has 0 aromatic carbocycles. The van der Waals surface area contributed by atoms with Gasteiger partial charge in [-0.15, -0.1) is 0 Å². The van der Waals surface area contributed by atoms with Crippen LogP contribution in [0.2, 0.25) is 0 Å². The summed E-state index contributed by atoms with van der Waals surface area (Å²) in [5, 5.41) is 0. The third kappa shape index (κ3) is 3.37. The fourth-order valence-electron chi connectivity index (χ4n) is 1.13. The summed E-state index contributed by atoms with van der Waals surface area (Å²) in [7, 11) is 0. The van der Waals surface area contributed by atoms with Crippen LogP contribution >= 0.6 is 0 Å². The molecular weight excluding hydrogens is 152 g/mol. The van der Waals surface area contributed by atoms with Crippen molar-refractivity contribution in [2.24, 2.45) is 5.92 Å². The van der Waals surface area contributed by atoms with Gasteiger partial charge in [-0.05, 0) is 12.8 Å². The van der Waals surface area contributed by atoms with Crippen LogP contribution in [-0.4, -0.2) is 19.0 Å². The van der Waals surface area contributed by atoms with Gasteiger partial charge in [0, 0.05) is 6.42 Å². The van der Waals surface area contributed by atoms with Crippen molar-refractivity contribution in [1.82, 2.24) is 0 Å². The van der Waals surface area contributed by atoms with Crippen molar-refractivity contribution in [3.63, 3.8) is 0 Å². The normalized spacial score (nSPS) is 29.7. The number of ether oxygens (including phenoxy) is 2. The molecule has 12 heavy (non-hydrogen) atoms. The van der Waals surface area contributed by atoms with Gasteiger partial charge in [0.05, 0.1) is 12.7 Å². The SMILES string of the molecule is CC(C)CO[C@H]1CC=C[C@@H](C)O1. The lowest BCUT2D eigenvalue weighted by Crippen LogP contribution is -2.25. The Kier molecular flexibility index (Phi) is 3.76. The minimum Gasteiger partial charge on any atom is -0.352 e. The lowest BCUT2D eigenvalue weighted by atomic mass is 10.2. The van der Waals surface area contributed by atoms with E-state index in [1.165, 1.54) is 0 Å². The Bertz CT molecular complexity index is 152. The van der Waals surface area contributed by atoms with Gasteiger partial charge in [0.2, 0.25) is 0 Å². The average Bonchev–Trinajstić information content (AvgIpc) is 2.01. The van der Waals surface area contributed by atoms with Crippen LogP contribution in [0.1, 0.15) is 27.2 Å². The van der Waals surface area contributed by atoms with E-state index >= 15 is 0 Å². The van der Waals surface area contributed by atoms with Crippen LogP contribution in [0, 0.1) is 5.92 Å². The molecule has 1 rings (SSSR count). The highest BCUT2D eigenvalue weighted by atomic mass is 16.7. The van der Waals surface area contributed by atoms with Crippen molar-refractivity contribution in [2.45, 2.75) is 39.6 Å². The molecule has 2 nitrogen and oxygen atoms in total. The lowest BCUT2D eigenvalue weighted by molar-refractivity contribution is -0.164. The van der Waals surface area contributed by atoms with Crippen molar-refractivity contribution >= 4 is 0 Å². The van der Waals surface area contributed by atoms with E-state index in [1.807, 2.05) is 6.92 Å². The Morgan fingerprint density at radius 2 is 2.33 bits per heavy atom. The zero-order valence-electron chi connectivity index (χ0n) is 8.12. The van der Waals surface area contributed by atoms with Crippen LogP contribution in [0.4, 0.5) is 0 Å². The zero-order valence-corrected chi connectivity index (χ0v) is 8.12. The maximum Gasteiger partial charge on any atom is 0.161 e. The molecule has 70 valence electrons. The monoisotopic (exact) mass is 170 g/mol. The fourth-order valence-corrected chi connectivity index (χ4v) is 1.13. The Morgan fingerprint density at radius 3 is 2.92 bits per heavy atom. The molecule has 2 atom stereocenters. The van der Waals surface area contributed by atoms with Crippen LogP contribution in [0.3, 0.4) is 0 Å². The van der Waals surface area contributed by atoms with E-state index in [4.69, 9.17) is 9.47 Å². The Morgan fingerprint density at radius 1 is 1.58 bits per heavy atom. The van der Waals surface area contributed by atoms with E-state index in [1.54, 1.807) is 0 Å². The molecule has 0 N–H and O–H groups in total. The molecule has 0 aromatic heterocycles. The van der Waals surface area contributed by atoms with Gasteiger partial charge in [0.1, 0.15) is 0 Å². The second-order valence-electron chi connectivity index (χ2n) is 3.66. The molecule has 0 saturated carbocycles. The summed E-state index contributed by atoms with van der Waals surface area (Å²) in [5.41, 5.74) is 0. The first-order chi connectivity index (χ1) is 5.68. The van der Waals surface area contributed by atoms with Crippen LogP contribution in [0.5, 0.6) is 0 Å². The van der Waals surface area contributed by atoms with Crippen LogP contribution < -0.4 is 0 Å². The van der Waals surface area contributed by atoms with Gasteiger partial charge in [-0.1, -0.05) is 26.0 Å². The first-order valence-electron chi connectivity index (χ1n) is 4.62. The summed E-state index contributed by atoms with van der Waals surface area (Å²) in [6, 6.07) is 0. The predicted molar refractivity (Wildman–Crippen MR) is 48.9 cm³/mol. The van der Waals surface area contributed by atoms with Gasteiger partial charge < -0.3 is 9.47 Å². The van der Waals surface area contributed by atoms with E-state index in [0.717, 1.165) is 13.0 Å². The molecule has 0 saturated heterocycles. The third-order valence-corrected chi connectivity index (χ3v) is 1.72. The topological polar surface area (TPSA) is 18.5 Å². The standard InChI is InChI=1S/C10H18O2/c1-8(2)7-11-10-6-4-5-9(3)12-10/h4-5,8-10H,6-7H2,1-3H3/t9-,10-/m1/s1. The highest BCUT2D eigenvalue weighted by Crippen LogP contribution is 2.13. The van der Waals surface area contributed by atoms with Gasteiger partial charge >= 0.3 is 0 Å². The van der Waals surface area contributed by atoms with Gasteiger partial charge in [-0.3, -0.25) is 0 Å². The molecule has 0 unspecified atom stereocenters. The maximum absolute atomic E-state index is 5.54. The predicted octanol–water partition coefficient (Wildman–Crippen LogP) is 2.35. The van der Waals surface area contributed by atoms with Crippen molar-refractivity contribution in [3.05, 3.63) is 12.2 Å². The van der Waals surface area contributed by atoms with E-state index < -0.39 is 0 Å². The van der Waals surface area contributed by atoms with E-state index in [2.05, 4.69) is 26.0 Å². The van der Waals surface area contributed by atoms with Crippen LogP contribution in [0.25, 0.3) is 0 Å². The van der Waals surface area contributed by atoms with Crippen molar-refractivity contribution in [3.8, 4) is 0 Å². The summed E-state index contributed by atoms with van der Waals surface area (Å²) in [6.07, 6.45) is 5.26. The molecule has 2 heteroatoms. The highest BCUT2D eigenvalue weighted by molar-refractivity contribution is 4.92. The summed E-state index contributed by atoms with van der Waals surface area (Å²) < 4.78 is 11.1. The average molecular weight is 170 g/mol. The van der Waals surface area contributed by atoms with Gasteiger partial charge in [-0.25, -0.2) is 0 Å². The molecule has 0 aliphatic carbocycles. The first kappa shape index (κ1) is 9.75. The third-order valence-electron chi connectivity index (χ3n) is 1.72. The second kappa shape index (κ2) is 4.63. The number of hydrogen-bond donors (Lipinski definition) is 0. The molecule has 0 bridgehead atoms. The first-order valence-corrected chi connectivity index (χ1v) is 4.62. The summed E-state index contributed by atoms with van der Waals surface area (Å²) in [4.78, 5) is 0. The second-order valence-corrected chi connectivity index (χ2v) is 3.66. The Balaban J connectivity index is 2.21. The molecule has 1 aliphatic heterocycles. The lowest BCUT2D eigenvalue weighted by Gasteiger charge is -2.24. The maximum atomic E-state index is 5.54. The Labute approximate surface area is 74.6 Å². The summed E-state index contributed by atoms with van der Waals surface area (Å²) in [6.45, 7) is 7.09. The number of hydrogen-bond acceptors (Lipinski definition) is 2. The van der Waals surface area contributed by atoms with Crippen molar-refractivity contribution in [1.29, 1.82) is 0 Å². The molecule has 0 radical (unpaired) electrons. The summed E-state index contributed by atoms with van der Waals surface area (Å²) >= 11 is 0. The molecule has 1 aliphatic rings. The molecule has 0 amide bonds. The smallest absolute Gasteiger partial charge is 0.161 e. The molecule has 1 heterocycles. The van der Waals surface area contributed by atoms with Gasteiger partial charge in [0.15, 0.2) is 6.29 Å². The number of rotatable bonds is 3. The fraction of sp³-hybridized carbons (Fsp3) is 0.800. The highest BCUT2D eigenvalue weighted by Gasteiger charge is 2.14. The molecule has 0 aromatic rings. The van der Waals surface area contributed by atoms with Crippen molar-refractivity contribution < 1.29 is 9.47 Å². The molecular formula is C10H18O2. The van der Waals surface area contributed by atoms with Gasteiger partial charge in [0.25, 0.3) is 0 Å². The minimum atomic E-state index is -0.0209. The van der Waals surface area contributed by atoms with Crippen LogP contribution in [-0.2, 0) is 9.47 Å². The zero-order chi connectivity index (χ0) is 8.97. The van der Waals surface area contributed by atoms with E-state index in [0.29, 0.717) is 5.92 Å². The van der Waals surface area contributed by atoms with E-state index in [-0.39, 0.29) is 12.4 Å². The quantitative estimate of drug-likeness (QED) is 0.605. The van der Waals surface area contributed by atoms with Crippen LogP contribution in [0.15, 0.2) is 12.2 Å².